The molecule has 0 bridgehead atoms. The molecule has 2 N–H and O–H groups in total. The maximum absolute atomic E-state index is 11.9. The number of halogens is 3. The second-order valence-corrected chi connectivity index (χ2v) is 4.96. The van der Waals surface area contributed by atoms with Gasteiger partial charge in [-0.25, -0.2) is 4.68 Å². The molecular formula is C10H17F3N4O. The number of hydrogen-bond donors (Lipinski definition) is 1. The van der Waals surface area contributed by atoms with Crippen LogP contribution in [0.15, 0.2) is 0 Å². The Labute approximate surface area is 103 Å². The van der Waals surface area contributed by atoms with E-state index >= 15 is 0 Å². The van der Waals surface area contributed by atoms with E-state index in [-0.39, 0.29) is 18.6 Å². The van der Waals surface area contributed by atoms with Crippen LogP contribution in [0.1, 0.15) is 26.5 Å². The smallest absolute Gasteiger partial charge is 0.381 e. The molecule has 1 rings (SSSR count). The van der Waals surface area contributed by atoms with Gasteiger partial charge in [0.15, 0.2) is 5.82 Å². The minimum Gasteiger partial charge on any atom is -0.381 e. The second kappa shape index (κ2) is 5.13. The third kappa shape index (κ3) is 4.17. The fraction of sp³-hybridized carbons (Fsp3) is 0.800. The zero-order valence-electron chi connectivity index (χ0n) is 10.6. The number of anilines is 1. The van der Waals surface area contributed by atoms with E-state index < -0.39 is 12.8 Å². The monoisotopic (exact) mass is 266 g/mol. The first-order valence-corrected chi connectivity index (χ1v) is 5.45. The highest BCUT2D eigenvalue weighted by atomic mass is 19.4. The standard InChI is InChI=1S/C10H17F3N4O/c1-9(2,3)7-8(14)15-16-17(7)4-5-18-6-10(11,12)13/h4-6,14H2,1-3H3. The predicted molar refractivity (Wildman–Crippen MR) is 60.0 cm³/mol. The van der Waals surface area contributed by atoms with Gasteiger partial charge >= 0.3 is 6.18 Å². The van der Waals surface area contributed by atoms with Gasteiger partial charge in [-0.2, -0.15) is 13.2 Å². The first-order valence-electron chi connectivity index (χ1n) is 5.45. The highest BCUT2D eigenvalue weighted by molar-refractivity contribution is 5.37. The first-order chi connectivity index (χ1) is 8.11. The van der Waals surface area contributed by atoms with Crippen molar-refractivity contribution < 1.29 is 17.9 Å². The van der Waals surface area contributed by atoms with Crippen LogP contribution in [0.5, 0.6) is 0 Å². The second-order valence-electron chi connectivity index (χ2n) is 4.96. The number of alkyl halides is 3. The van der Waals surface area contributed by atoms with Crippen LogP contribution in [0.25, 0.3) is 0 Å². The summed E-state index contributed by atoms with van der Waals surface area (Å²) in [6, 6.07) is 0. The van der Waals surface area contributed by atoms with Gasteiger partial charge in [0.1, 0.15) is 6.61 Å². The van der Waals surface area contributed by atoms with Crippen LogP contribution in [-0.2, 0) is 16.7 Å². The summed E-state index contributed by atoms with van der Waals surface area (Å²) in [6.07, 6.45) is -4.31. The summed E-state index contributed by atoms with van der Waals surface area (Å²) in [5.41, 5.74) is 6.10. The number of nitrogens with zero attached hydrogens (tertiary/aromatic N) is 3. The lowest BCUT2D eigenvalue weighted by atomic mass is 9.92. The van der Waals surface area contributed by atoms with E-state index in [2.05, 4.69) is 15.0 Å². The maximum Gasteiger partial charge on any atom is 0.411 e. The van der Waals surface area contributed by atoms with Crippen molar-refractivity contribution >= 4 is 5.82 Å². The zero-order valence-corrected chi connectivity index (χ0v) is 10.6. The molecule has 0 radical (unpaired) electrons. The van der Waals surface area contributed by atoms with Gasteiger partial charge in [-0.3, -0.25) is 0 Å². The lowest BCUT2D eigenvalue weighted by Gasteiger charge is -2.20. The molecule has 1 aromatic rings. The summed E-state index contributed by atoms with van der Waals surface area (Å²) < 4.78 is 41.6. The van der Waals surface area contributed by atoms with E-state index in [1.54, 1.807) is 0 Å². The summed E-state index contributed by atoms with van der Waals surface area (Å²) in [6.45, 7) is 4.61. The van der Waals surface area contributed by atoms with Crippen molar-refractivity contribution in [1.82, 2.24) is 15.0 Å². The molecule has 18 heavy (non-hydrogen) atoms. The number of aromatic nitrogens is 3. The van der Waals surface area contributed by atoms with Crippen LogP contribution >= 0.6 is 0 Å². The molecule has 8 heteroatoms. The molecule has 0 aliphatic carbocycles. The number of hydrogen-bond acceptors (Lipinski definition) is 4. The largest absolute Gasteiger partial charge is 0.411 e. The highest BCUT2D eigenvalue weighted by Crippen LogP contribution is 2.25. The Balaban J connectivity index is 2.59. The quantitative estimate of drug-likeness (QED) is 0.843. The molecule has 0 fully saturated rings. The van der Waals surface area contributed by atoms with Gasteiger partial charge in [-0.15, -0.1) is 5.10 Å². The van der Waals surface area contributed by atoms with E-state index in [1.165, 1.54) is 4.68 Å². The molecule has 0 spiro atoms. The van der Waals surface area contributed by atoms with Crippen molar-refractivity contribution in [2.45, 2.75) is 38.9 Å². The van der Waals surface area contributed by atoms with Crippen LogP contribution in [0.4, 0.5) is 19.0 Å². The summed E-state index contributed by atoms with van der Waals surface area (Å²) in [4.78, 5) is 0. The molecule has 0 aliphatic rings. The van der Waals surface area contributed by atoms with Crippen molar-refractivity contribution in [3.8, 4) is 0 Å². The Bertz CT molecular complexity index is 395. The van der Waals surface area contributed by atoms with E-state index in [0.29, 0.717) is 11.5 Å². The Morgan fingerprint density at radius 1 is 1.28 bits per heavy atom. The Kier molecular flexibility index (Phi) is 4.20. The van der Waals surface area contributed by atoms with Gasteiger partial charge < -0.3 is 10.5 Å². The molecule has 5 nitrogen and oxygen atoms in total. The maximum atomic E-state index is 11.9. The zero-order chi connectivity index (χ0) is 14.0. The molecule has 104 valence electrons. The molecule has 0 saturated heterocycles. The van der Waals surface area contributed by atoms with Crippen LogP contribution < -0.4 is 5.73 Å². The fourth-order valence-corrected chi connectivity index (χ4v) is 1.59. The molecule has 1 aromatic heterocycles. The van der Waals surface area contributed by atoms with Gasteiger partial charge in [0.25, 0.3) is 0 Å². The van der Waals surface area contributed by atoms with Gasteiger partial charge in [-0.1, -0.05) is 26.0 Å². The van der Waals surface area contributed by atoms with Gasteiger partial charge in [-0.05, 0) is 0 Å². The van der Waals surface area contributed by atoms with Crippen LogP contribution in [-0.4, -0.2) is 34.4 Å². The Morgan fingerprint density at radius 2 is 1.89 bits per heavy atom. The summed E-state index contributed by atoms with van der Waals surface area (Å²) in [7, 11) is 0. The molecule has 1 heterocycles. The van der Waals surface area contributed by atoms with Crippen LogP contribution in [0.2, 0.25) is 0 Å². The minimum atomic E-state index is -4.31. The number of nitrogen functional groups attached to an aromatic ring is 1. The van der Waals surface area contributed by atoms with Gasteiger partial charge in [0.05, 0.1) is 18.8 Å². The predicted octanol–water partition coefficient (Wildman–Crippen LogP) is 1.74. The lowest BCUT2D eigenvalue weighted by molar-refractivity contribution is -0.174. The average molecular weight is 266 g/mol. The van der Waals surface area contributed by atoms with Crippen LogP contribution in [0, 0.1) is 0 Å². The molecule has 0 amide bonds. The first kappa shape index (κ1) is 14.7. The van der Waals surface area contributed by atoms with E-state index in [9.17, 15) is 13.2 Å². The van der Waals surface area contributed by atoms with Crippen molar-refractivity contribution in [3.63, 3.8) is 0 Å². The summed E-state index contributed by atoms with van der Waals surface area (Å²) >= 11 is 0. The third-order valence-corrected chi connectivity index (χ3v) is 2.18. The highest BCUT2D eigenvalue weighted by Gasteiger charge is 2.28. The normalized spacial score (nSPS) is 13.0. The van der Waals surface area contributed by atoms with E-state index in [0.717, 1.165) is 0 Å². The topological polar surface area (TPSA) is 66.0 Å². The van der Waals surface area contributed by atoms with Crippen molar-refractivity contribution in [2.24, 2.45) is 0 Å². The minimum absolute atomic E-state index is 0.0919. The summed E-state index contributed by atoms with van der Waals surface area (Å²) in [5.74, 6) is 0.290. The molecule has 0 aliphatic heterocycles. The van der Waals surface area contributed by atoms with Crippen molar-refractivity contribution in [1.29, 1.82) is 0 Å². The molecular weight excluding hydrogens is 249 g/mol. The summed E-state index contributed by atoms with van der Waals surface area (Å²) in [5, 5.41) is 7.52. The molecule has 0 aromatic carbocycles. The Hall–Kier alpha value is -1.31. The van der Waals surface area contributed by atoms with E-state index in [4.69, 9.17) is 5.73 Å². The number of nitrogens with two attached hydrogens (primary N) is 1. The fourth-order valence-electron chi connectivity index (χ4n) is 1.59. The van der Waals surface area contributed by atoms with Crippen molar-refractivity contribution in [2.75, 3.05) is 18.9 Å². The third-order valence-electron chi connectivity index (χ3n) is 2.18. The Morgan fingerprint density at radius 3 is 2.39 bits per heavy atom. The molecule has 0 unspecified atom stereocenters. The number of ether oxygens (including phenoxy) is 1. The average Bonchev–Trinajstić information content (AvgIpc) is 2.52. The van der Waals surface area contributed by atoms with Crippen molar-refractivity contribution in [3.05, 3.63) is 5.69 Å². The molecule has 0 saturated carbocycles. The molecule has 0 atom stereocenters. The van der Waals surface area contributed by atoms with Gasteiger partial charge in [0.2, 0.25) is 0 Å². The number of rotatable bonds is 4. The van der Waals surface area contributed by atoms with Crippen LogP contribution in [0.3, 0.4) is 0 Å². The lowest BCUT2D eigenvalue weighted by Crippen LogP contribution is -2.23. The van der Waals surface area contributed by atoms with E-state index in [1.807, 2.05) is 20.8 Å². The van der Waals surface area contributed by atoms with Gasteiger partial charge in [0, 0.05) is 5.41 Å². The SMILES string of the molecule is CC(C)(C)c1c(N)nnn1CCOCC(F)(F)F.